The fourth-order valence-corrected chi connectivity index (χ4v) is 2.32. The number of isocyanates is 2. The number of benzene rings is 1. The van der Waals surface area contributed by atoms with E-state index in [1.807, 2.05) is 44.2 Å². The lowest BCUT2D eigenvalue weighted by Crippen LogP contribution is -2.23. The molecule has 100 valence electrons. The van der Waals surface area contributed by atoms with Gasteiger partial charge < -0.3 is 0 Å². The Labute approximate surface area is 117 Å². The van der Waals surface area contributed by atoms with Crippen molar-refractivity contribution in [2.24, 2.45) is 9.98 Å². The first-order valence-electron chi connectivity index (χ1n) is 6.26. The van der Waals surface area contributed by atoms with Gasteiger partial charge in [0, 0.05) is 6.42 Å². The summed E-state index contributed by atoms with van der Waals surface area (Å²) < 4.78 is 0. The number of hydrogen-bond donors (Lipinski definition) is 0. The number of aliphatic imine (C=N–C) groups is 2. The first-order chi connectivity index (χ1) is 9.62. The normalized spacial score (nSPS) is 21.1. The highest BCUT2D eigenvalue weighted by atomic mass is 16.1. The van der Waals surface area contributed by atoms with Crippen LogP contribution in [-0.4, -0.2) is 17.8 Å². The van der Waals surface area contributed by atoms with Crippen LogP contribution in [0.25, 0.3) is 5.57 Å². The van der Waals surface area contributed by atoms with Gasteiger partial charge in [-0.05, 0) is 42.2 Å². The van der Waals surface area contributed by atoms with Gasteiger partial charge >= 0.3 is 0 Å². The zero-order valence-electron chi connectivity index (χ0n) is 11.4. The van der Waals surface area contributed by atoms with E-state index >= 15 is 0 Å². The number of aryl methyl sites for hydroxylation is 1. The summed E-state index contributed by atoms with van der Waals surface area (Å²) in [6, 6.07) is 7.90. The average molecular weight is 266 g/mol. The zero-order chi connectivity index (χ0) is 14.6. The van der Waals surface area contributed by atoms with Gasteiger partial charge in [-0.1, -0.05) is 30.3 Å². The van der Waals surface area contributed by atoms with Gasteiger partial charge in [0.1, 0.15) is 0 Å². The Hall–Kier alpha value is -2.54. The van der Waals surface area contributed by atoms with Gasteiger partial charge in [0.05, 0.1) is 0 Å². The molecule has 0 fully saturated rings. The van der Waals surface area contributed by atoms with Gasteiger partial charge in [0.2, 0.25) is 12.2 Å². The molecule has 4 heteroatoms. The van der Waals surface area contributed by atoms with Crippen molar-refractivity contribution in [2.45, 2.75) is 25.9 Å². The lowest BCUT2D eigenvalue weighted by molar-refractivity contribution is 0.514. The van der Waals surface area contributed by atoms with Gasteiger partial charge in [-0.3, -0.25) is 0 Å². The molecule has 0 unspecified atom stereocenters. The summed E-state index contributed by atoms with van der Waals surface area (Å²) in [5.74, 6) is 0. The van der Waals surface area contributed by atoms with E-state index in [0.717, 1.165) is 22.3 Å². The predicted molar refractivity (Wildman–Crippen MR) is 76.5 cm³/mol. The van der Waals surface area contributed by atoms with Crippen LogP contribution in [-0.2, 0) is 9.59 Å². The van der Waals surface area contributed by atoms with E-state index in [-0.39, 0.29) is 0 Å². The van der Waals surface area contributed by atoms with Gasteiger partial charge in [-0.25, -0.2) is 9.59 Å². The quantitative estimate of drug-likeness (QED) is 0.623. The van der Waals surface area contributed by atoms with Crippen LogP contribution in [0.15, 0.2) is 52.0 Å². The largest absolute Gasteiger partial charge is 0.237 e. The highest BCUT2D eigenvalue weighted by molar-refractivity contribution is 5.82. The fourth-order valence-electron chi connectivity index (χ4n) is 2.32. The van der Waals surface area contributed by atoms with Crippen molar-refractivity contribution in [1.82, 2.24) is 0 Å². The maximum absolute atomic E-state index is 10.6. The van der Waals surface area contributed by atoms with Crippen molar-refractivity contribution < 1.29 is 9.59 Å². The van der Waals surface area contributed by atoms with Crippen molar-refractivity contribution in [2.75, 3.05) is 0 Å². The summed E-state index contributed by atoms with van der Waals surface area (Å²) in [5, 5.41) is 0. The molecule has 0 aliphatic heterocycles. The topological polar surface area (TPSA) is 58.9 Å². The zero-order valence-corrected chi connectivity index (χ0v) is 11.4. The molecule has 2 rings (SSSR count). The molecule has 1 aromatic carbocycles. The highest BCUT2D eigenvalue weighted by Gasteiger charge is 2.30. The van der Waals surface area contributed by atoms with Crippen LogP contribution in [0.3, 0.4) is 0 Å². The van der Waals surface area contributed by atoms with Crippen LogP contribution in [0.5, 0.6) is 0 Å². The van der Waals surface area contributed by atoms with Crippen molar-refractivity contribution >= 4 is 17.7 Å². The summed E-state index contributed by atoms with van der Waals surface area (Å²) in [6.07, 6.45) is 7.00. The van der Waals surface area contributed by atoms with E-state index in [1.54, 1.807) is 6.08 Å². The Morgan fingerprint density at radius 3 is 2.35 bits per heavy atom. The van der Waals surface area contributed by atoms with Gasteiger partial charge in [0.25, 0.3) is 0 Å². The third-order valence-electron chi connectivity index (χ3n) is 3.42. The van der Waals surface area contributed by atoms with E-state index in [1.165, 1.54) is 12.2 Å². The molecule has 1 aliphatic rings. The molecule has 20 heavy (non-hydrogen) atoms. The fraction of sp³-hybridized carbons (Fsp3) is 0.250. The number of carbonyl (C=O) groups excluding carboxylic acids is 2. The van der Waals surface area contributed by atoms with E-state index in [4.69, 9.17) is 0 Å². The SMILES string of the molecule is CC1=CCC(N=C=O)(N=C=O)C=C1c1ccccc1C. The maximum atomic E-state index is 10.6. The van der Waals surface area contributed by atoms with Crippen LogP contribution < -0.4 is 0 Å². The highest BCUT2D eigenvalue weighted by Crippen LogP contribution is 2.36. The molecule has 0 N–H and O–H groups in total. The van der Waals surface area contributed by atoms with E-state index in [0.29, 0.717) is 6.42 Å². The van der Waals surface area contributed by atoms with Gasteiger partial charge in [-0.15, -0.1) is 0 Å². The Kier molecular flexibility index (Phi) is 3.90. The maximum Gasteiger partial charge on any atom is 0.237 e. The monoisotopic (exact) mass is 266 g/mol. The van der Waals surface area contributed by atoms with Crippen molar-refractivity contribution in [1.29, 1.82) is 0 Å². The molecule has 1 aliphatic carbocycles. The molecule has 0 saturated carbocycles. The third-order valence-corrected chi connectivity index (χ3v) is 3.42. The summed E-state index contributed by atoms with van der Waals surface area (Å²) in [6.45, 7) is 3.99. The van der Waals surface area contributed by atoms with Crippen LogP contribution in [0, 0.1) is 6.92 Å². The van der Waals surface area contributed by atoms with Gasteiger partial charge in [0.15, 0.2) is 5.66 Å². The first-order valence-corrected chi connectivity index (χ1v) is 6.26. The lowest BCUT2D eigenvalue weighted by atomic mass is 9.86. The molecule has 0 bridgehead atoms. The number of hydrogen-bond acceptors (Lipinski definition) is 4. The standard InChI is InChI=1S/C16H14N2O2/c1-12-5-3-4-6-14(12)15-9-16(17-10-19,18-11-20)8-7-13(15)2/h3-7,9H,8H2,1-2H3. The van der Waals surface area contributed by atoms with E-state index in [2.05, 4.69) is 9.98 Å². The van der Waals surface area contributed by atoms with Crippen molar-refractivity contribution in [3.05, 3.63) is 53.1 Å². The van der Waals surface area contributed by atoms with Crippen LogP contribution in [0.1, 0.15) is 24.5 Å². The number of rotatable bonds is 3. The molecule has 0 radical (unpaired) electrons. The molecule has 0 atom stereocenters. The molecule has 0 heterocycles. The smallest absolute Gasteiger partial charge is 0.211 e. The molecule has 4 nitrogen and oxygen atoms in total. The minimum absolute atomic E-state index is 0.360. The Balaban J connectivity index is 2.63. The molecule has 0 aromatic heterocycles. The Morgan fingerprint density at radius 1 is 1.10 bits per heavy atom. The summed E-state index contributed by atoms with van der Waals surface area (Å²) in [5.41, 5.74) is 2.92. The van der Waals surface area contributed by atoms with Crippen molar-refractivity contribution in [3.63, 3.8) is 0 Å². The van der Waals surface area contributed by atoms with E-state index < -0.39 is 5.66 Å². The molecule has 1 aromatic rings. The summed E-state index contributed by atoms with van der Waals surface area (Å²) in [7, 11) is 0. The van der Waals surface area contributed by atoms with Gasteiger partial charge in [-0.2, -0.15) is 9.98 Å². The van der Waals surface area contributed by atoms with Crippen LogP contribution >= 0.6 is 0 Å². The van der Waals surface area contributed by atoms with Crippen LogP contribution in [0.2, 0.25) is 0 Å². The summed E-state index contributed by atoms with van der Waals surface area (Å²) in [4.78, 5) is 28.6. The van der Waals surface area contributed by atoms with E-state index in [9.17, 15) is 9.59 Å². The Bertz CT molecular complexity index is 670. The second kappa shape index (κ2) is 5.62. The Morgan fingerprint density at radius 2 is 1.75 bits per heavy atom. The summed E-state index contributed by atoms with van der Waals surface area (Å²) >= 11 is 0. The molecule has 0 saturated heterocycles. The lowest BCUT2D eigenvalue weighted by Gasteiger charge is -2.25. The predicted octanol–water partition coefficient (Wildman–Crippen LogP) is 3.10. The number of allylic oxidation sites excluding steroid dienone is 2. The van der Waals surface area contributed by atoms with Crippen LogP contribution in [0.4, 0.5) is 0 Å². The molecular formula is C16H14N2O2. The second-order valence-corrected chi connectivity index (χ2v) is 4.75. The third kappa shape index (κ3) is 2.57. The second-order valence-electron chi connectivity index (χ2n) is 4.75. The molecule has 0 spiro atoms. The molecular weight excluding hydrogens is 252 g/mol. The average Bonchev–Trinajstić information content (AvgIpc) is 2.43. The van der Waals surface area contributed by atoms with Crippen molar-refractivity contribution in [3.8, 4) is 0 Å². The first kappa shape index (κ1) is 13.9. The minimum Gasteiger partial charge on any atom is -0.211 e. The number of nitrogens with zero attached hydrogens (tertiary/aromatic N) is 2. The molecule has 0 amide bonds. The minimum atomic E-state index is -1.21.